The maximum atomic E-state index is 4.65. The van der Waals surface area contributed by atoms with Gasteiger partial charge in [0.15, 0.2) is 5.82 Å². The number of benzene rings is 7. The summed E-state index contributed by atoms with van der Waals surface area (Å²) in [5.74, 6) is 0.734. The van der Waals surface area contributed by atoms with Gasteiger partial charge < -0.3 is 0 Å². The Morgan fingerprint density at radius 1 is 0.360 bits per heavy atom. The largest absolute Gasteiger partial charge is 0.237 e. The van der Waals surface area contributed by atoms with Crippen molar-refractivity contribution >= 4 is 21.5 Å². The van der Waals surface area contributed by atoms with E-state index in [0.29, 0.717) is 0 Å². The van der Waals surface area contributed by atoms with Crippen molar-refractivity contribution in [1.29, 1.82) is 0 Å². The van der Waals surface area contributed by atoms with Crippen LogP contribution in [0.1, 0.15) is 49.9 Å². The second kappa shape index (κ2) is 10.3. The maximum Gasteiger partial charge on any atom is 0.159 e. The van der Waals surface area contributed by atoms with E-state index in [1.165, 1.54) is 88.3 Å². The third-order valence-corrected chi connectivity index (χ3v) is 11.6. The Morgan fingerprint density at radius 2 is 0.800 bits per heavy atom. The zero-order valence-corrected chi connectivity index (χ0v) is 28.8. The van der Waals surface area contributed by atoms with Crippen molar-refractivity contribution in [1.82, 2.24) is 9.97 Å². The van der Waals surface area contributed by atoms with Crippen LogP contribution in [-0.2, 0) is 10.8 Å². The molecule has 1 heterocycles. The Hall–Kier alpha value is -5.86. The van der Waals surface area contributed by atoms with Gasteiger partial charge in [0.2, 0.25) is 0 Å². The van der Waals surface area contributed by atoms with E-state index >= 15 is 0 Å². The van der Waals surface area contributed by atoms with E-state index in [2.05, 4.69) is 165 Å². The molecule has 50 heavy (non-hydrogen) atoms. The van der Waals surface area contributed by atoms with E-state index in [4.69, 9.17) is 0 Å². The summed E-state index contributed by atoms with van der Waals surface area (Å²) < 4.78 is 0. The lowest BCUT2D eigenvalue weighted by Gasteiger charge is -2.24. The first-order valence-corrected chi connectivity index (χ1v) is 17.6. The van der Waals surface area contributed by atoms with Crippen LogP contribution in [0, 0.1) is 0 Å². The average molecular weight is 641 g/mol. The number of nitrogens with zero attached hydrogens (tertiary/aromatic N) is 2. The van der Waals surface area contributed by atoms with Gasteiger partial charge in [-0.05, 0) is 113 Å². The molecule has 0 N–H and O–H groups in total. The smallest absolute Gasteiger partial charge is 0.159 e. The lowest BCUT2D eigenvalue weighted by Crippen LogP contribution is -2.15. The summed E-state index contributed by atoms with van der Waals surface area (Å²) in [7, 11) is 0. The van der Waals surface area contributed by atoms with Gasteiger partial charge in [-0.2, -0.15) is 0 Å². The number of fused-ring (bicyclic) bond motifs is 8. The summed E-state index contributed by atoms with van der Waals surface area (Å²) in [5, 5.41) is 4.95. The zero-order valence-electron chi connectivity index (χ0n) is 28.8. The van der Waals surface area contributed by atoms with Crippen LogP contribution in [-0.4, -0.2) is 9.97 Å². The molecule has 2 aliphatic carbocycles. The van der Waals surface area contributed by atoms with Crippen LogP contribution in [0.15, 0.2) is 146 Å². The Balaban J connectivity index is 1.28. The molecule has 0 amide bonds. The topological polar surface area (TPSA) is 25.8 Å². The number of hydrogen-bond donors (Lipinski definition) is 0. The van der Waals surface area contributed by atoms with Crippen molar-refractivity contribution in [3.63, 3.8) is 0 Å². The van der Waals surface area contributed by atoms with E-state index in [9.17, 15) is 0 Å². The van der Waals surface area contributed by atoms with E-state index in [0.717, 1.165) is 11.4 Å². The first-order chi connectivity index (χ1) is 24.3. The van der Waals surface area contributed by atoms with E-state index in [1.807, 2.05) is 18.5 Å². The standard InChI is InChI=1S/C48H36N2/c1-47(2)40-16-9-7-12-32(40)34-21-18-29(27-42(34)47)44-36-14-5-6-15-37(36)45(39-26-31(20-23-38(39)44)46-49-24-11-25-50-46)30-19-22-35-33-13-8-10-17-41(33)48(3,4)43(35)28-30/h5-28H,1-4H3. The van der Waals surface area contributed by atoms with Gasteiger partial charge in [0, 0.05) is 28.8 Å². The lowest BCUT2D eigenvalue weighted by atomic mass is 9.79. The van der Waals surface area contributed by atoms with Crippen molar-refractivity contribution in [2.24, 2.45) is 0 Å². The molecule has 0 aliphatic heterocycles. The summed E-state index contributed by atoms with van der Waals surface area (Å²) in [5.41, 5.74) is 16.7. The molecule has 2 nitrogen and oxygen atoms in total. The van der Waals surface area contributed by atoms with Crippen molar-refractivity contribution in [2.45, 2.75) is 38.5 Å². The van der Waals surface area contributed by atoms with Crippen molar-refractivity contribution < 1.29 is 0 Å². The zero-order chi connectivity index (χ0) is 33.8. The Kier molecular flexibility index (Phi) is 6.01. The molecule has 2 aliphatic rings. The van der Waals surface area contributed by atoms with Crippen LogP contribution in [0.2, 0.25) is 0 Å². The molecule has 1 aromatic heterocycles. The second-order valence-electron chi connectivity index (χ2n) is 15.0. The molecule has 238 valence electrons. The molecule has 0 spiro atoms. The highest BCUT2D eigenvalue weighted by Gasteiger charge is 2.37. The predicted molar refractivity (Wildman–Crippen MR) is 208 cm³/mol. The van der Waals surface area contributed by atoms with Gasteiger partial charge in [-0.25, -0.2) is 9.97 Å². The number of hydrogen-bond acceptors (Lipinski definition) is 2. The molecule has 0 bridgehead atoms. The highest BCUT2D eigenvalue weighted by atomic mass is 14.8. The van der Waals surface area contributed by atoms with Gasteiger partial charge in [0.25, 0.3) is 0 Å². The van der Waals surface area contributed by atoms with Crippen LogP contribution < -0.4 is 0 Å². The number of aromatic nitrogens is 2. The van der Waals surface area contributed by atoms with Crippen molar-refractivity contribution in [3.8, 4) is 55.9 Å². The summed E-state index contributed by atoms with van der Waals surface area (Å²) in [4.78, 5) is 9.31. The van der Waals surface area contributed by atoms with Gasteiger partial charge in [-0.1, -0.05) is 137 Å². The van der Waals surface area contributed by atoms with Gasteiger partial charge in [0.1, 0.15) is 0 Å². The van der Waals surface area contributed by atoms with E-state index < -0.39 is 0 Å². The monoisotopic (exact) mass is 640 g/mol. The van der Waals surface area contributed by atoms with Gasteiger partial charge in [-0.15, -0.1) is 0 Å². The minimum Gasteiger partial charge on any atom is -0.237 e. The Bertz CT molecular complexity index is 2700. The molecule has 0 saturated heterocycles. The summed E-state index contributed by atoms with van der Waals surface area (Å²) >= 11 is 0. The summed E-state index contributed by atoms with van der Waals surface area (Å²) in [6, 6.07) is 49.7. The SMILES string of the molecule is CC1(C)c2ccccc2-c2ccc(-c3c4ccccc4c(-c4ccc5c(c4)C(C)(C)c4ccccc4-5)c4cc(-c5ncccn5)ccc34)cc21. The molecule has 0 fully saturated rings. The normalized spacial score (nSPS) is 14.7. The van der Waals surface area contributed by atoms with Gasteiger partial charge in [0.05, 0.1) is 0 Å². The third-order valence-electron chi connectivity index (χ3n) is 11.6. The lowest BCUT2D eigenvalue weighted by molar-refractivity contribution is 0.660. The molecule has 2 heteroatoms. The number of rotatable bonds is 3. The molecular weight excluding hydrogens is 605 g/mol. The maximum absolute atomic E-state index is 4.65. The highest BCUT2D eigenvalue weighted by Crippen LogP contribution is 2.53. The third kappa shape index (κ3) is 3.96. The van der Waals surface area contributed by atoms with Crippen LogP contribution in [0.25, 0.3) is 77.4 Å². The first kappa shape index (κ1) is 29.1. The quantitative estimate of drug-likeness (QED) is 0.180. The average Bonchev–Trinajstić information content (AvgIpc) is 3.53. The predicted octanol–water partition coefficient (Wildman–Crippen LogP) is 12.4. The molecular formula is C48H36N2. The second-order valence-corrected chi connectivity index (χ2v) is 15.0. The van der Waals surface area contributed by atoms with E-state index in [1.54, 1.807) is 0 Å². The molecule has 0 atom stereocenters. The molecule has 0 radical (unpaired) electrons. The minimum absolute atomic E-state index is 0.0832. The fourth-order valence-electron chi connectivity index (χ4n) is 9.11. The summed E-state index contributed by atoms with van der Waals surface area (Å²) in [6.45, 7) is 9.44. The Labute approximate surface area is 293 Å². The molecule has 0 saturated carbocycles. The molecule has 10 rings (SSSR count). The molecule has 7 aromatic carbocycles. The Morgan fingerprint density at radius 3 is 1.36 bits per heavy atom. The highest BCUT2D eigenvalue weighted by molar-refractivity contribution is 6.22. The molecule has 8 aromatic rings. The van der Waals surface area contributed by atoms with Gasteiger partial charge >= 0.3 is 0 Å². The fourth-order valence-corrected chi connectivity index (χ4v) is 9.11. The van der Waals surface area contributed by atoms with Gasteiger partial charge in [-0.3, -0.25) is 0 Å². The minimum atomic E-state index is -0.0919. The van der Waals surface area contributed by atoms with E-state index in [-0.39, 0.29) is 10.8 Å². The van der Waals surface area contributed by atoms with Crippen LogP contribution in [0.4, 0.5) is 0 Å². The van der Waals surface area contributed by atoms with Crippen LogP contribution in [0.5, 0.6) is 0 Å². The summed E-state index contributed by atoms with van der Waals surface area (Å²) in [6.07, 6.45) is 3.65. The fraction of sp³-hybridized carbons (Fsp3) is 0.125. The molecule has 0 unspecified atom stereocenters. The van der Waals surface area contributed by atoms with Crippen LogP contribution in [0.3, 0.4) is 0 Å². The van der Waals surface area contributed by atoms with Crippen molar-refractivity contribution in [2.75, 3.05) is 0 Å². The van der Waals surface area contributed by atoms with Crippen molar-refractivity contribution in [3.05, 3.63) is 168 Å². The first-order valence-electron chi connectivity index (χ1n) is 17.6. The van der Waals surface area contributed by atoms with Crippen LogP contribution >= 0.6 is 0 Å².